The lowest BCUT2D eigenvalue weighted by Gasteiger charge is -2.23. The van der Waals surface area contributed by atoms with Crippen LogP contribution in [0.1, 0.15) is 36.0 Å². The molecule has 1 nitrogen and oxygen atoms in total. The molecular formula is C14H18OS2. The lowest BCUT2D eigenvalue weighted by atomic mass is 9.86. The maximum Gasteiger partial charge on any atom is 0.123 e. The molecule has 0 bridgehead atoms. The Hall–Kier alpha value is -0.280. The molecule has 1 fully saturated rings. The van der Waals surface area contributed by atoms with E-state index in [-0.39, 0.29) is 5.41 Å². The third-order valence-corrected chi connectivity index (χ3v) is 6.44. The van der Waals surface area contributed by atoms with E-state index in [9.17, 15) is 0 Å². The summed E-state index contributed by atoms with van der Waals surface area (Å²) in [5.74, 6) is 3.69. The molecule has 0 saturated carbocycles. The highest BCUT2D eigenvalue weighted by atomic mass is 32.2. The van der Waals surface area contributed by atoms with E-state index in [4.69, 9.17) is 4.74 Å². The maximum absolute atomic E-state index is 5.74. The van der Waals surface area contributed by atoms with Crippen molar-refractivity contribution < 1.29 is 4.74 Å². The number of ether oxygens (including phenoxy) is 1. The minimum absolute atomic E-state index is 0.176. The van der Waals surface area contributed by atoms with Gasteiger partial charge in [-0.15, -0.1) is 23.5 Å². The summed E-state index contributed by atoms with van der Waals surface area (Å²) in [4.78, 5) is 0. The zero-order valence-corrected chi connectivity index (χ0v) is 12.0. The van der Waals surface area contributed by atoms with Crippen LogP contribution in [-0.2, 0) is 5.41 Å². The van der Waals surface area contributed by atoms with Crippen molar-refractivity contribution in [3.63, 3.8) is 0 Å². The number of benzene rings is 1. The zero-order chi connectivity index (χ0) is 11.9. The Bertz CT molecular complexity index is 422. The first kappa shape index (κ1) is 11.8. The van der Waals surface area contributed by atoms with Crippen LogP contribution < -0.4 is 4.74 Å². The zero-order valence-electron chi connectivity index (χ0n) is 10.4. The normalized spacial score (nSPS) is 23.2. The summed E-state index contributed by atoms with van der Waals surface area (Å²) in [7, 11) is 0. The fraction of sp³-hybridized carbons (Fsp3) is 0.571. The molecular weight excluding hydrogens is 248 g/mol. The van der Waals surface area contributed by atoms with Crippen molar-refractivity contribution in [2.45, 2.75) is 30.3 Å². The van der Waals surface area contributed by atoms with Crippen molar-refractivity contribution in [1.82, 2.24) is 0 Å². The minimum Gasteiger partial charge on any atom is -0.492 e. The second-order valence-corrected chi connectivity index (χ2v) is 8.08. The third-order valence-electron chi connectivity index (χ3n) is 3.42. The largest absolute Gasteiger partial charge is 0.492 e. The Labute approximate surface area is 112 Å². The van der Waals surface area contributed by atoms with E-state index in [0.717, 1.165) is 12.4 Å². The summed E-state index contributed by atoms with van der Waals surface area (Å²) in [6.07, 6.45) is 1.35. The molecule has 0 unspecified atom stereocenters. The molecule has 0 spiro atoms. The Morgan fingerprint density at radius 3 is 2.76 bits per heavy atom. The summed E-state index contributed by atoms with van der Waals surface area (Å²) >= 11 is 4.17. The standard InChI is InChI=1S/C14H18OS2/c1-14(2)9-15-12-5-4-10(8-11(12)14)13-16-6-3-7-17-13/h4-5,8,13H,3,6-7,9H2,1-2H3. The number of thioether (sulfide) groups is 2. The third kappa shape index (κ3) is 2.19. The van der Waals surface area contributed by atoms with Crippen LogP contribution in [0, 0.1) is 0 Å². The van der Waals surface area contributed by atoms with Gasteiger partial charge in [-0.25, -0.2) is 0 Å². The van der Waals surface area contributed by atoms with Gasteiger partial charge < -0.3 is 4.74 Å². The summed E-state index contributed by atoms with van der Waals surface area (Å²) in [6, 6.07) is 6.78. The van der Waals surface area contributed by atoms with Crippen LogP contribution >= 0.6 is 23.5 Å². The van der Waals surface area contributed by atoms with Crippen molar-refractivity contribution in [2.24, 2.45) is 0 Å². The van der Waals surface area contributed by atoms with Gasteiger partial charge in [0.1, 0.15) is 5.75 Å². The lowest BCUT2D eigenvalue weighted by molar-refractivity contribution is 0.291. The van der Waals surface area contributed by atoms with Crippen LogP contribution in [0.3, 0.4) is 0 Å². The molecule has 2 aliphatic rings. The Morgan fingerprint density at radius 2 is 2.00 bits per heavy atom. The van der Waals surface area contributed by atoms with Crippen LogP contribution in [0.2, 0.25) is 0 Å². The summed E-state index contributed by atoms with van der Waals surface area (Å²) < 4.78 is 6.37. The SMILES string of the molecule is CC1(C)COc2ccc(C3SCCCS3)cc21. The topological polar surface area (TPSA) is 9.23 Å². The van der Waals surface area contributed by atoms with Gasteiger partial charge in [0.2, 0.25) is 0 Å². The van der Waals surface area contributed by atoms with E-state index in [1.807, 2.05) is 0 Å². The van der Waals surface area contributed by atoms with E-state index in [2.05, 4.69) is 55.6 Å². The summed E-state index contributed by atoms with van der Waals surface area (Å²) in [5, 5.41) is 0. The van der Waals surface area contributed by atoms with E-state index in [1.165, 1.54) is 29.1 Å². The van der Waals surface area contributed by atoms with Crippen molar-refractivity contribution in [2.75, 3.05) is 18.1 Å². The van der Waals surface area contributed by atoms with Crippen molar-refractivity contribution >= 4 is 23.5 Å². The number of hydrogen-bond donors (Lipinski definition) is 0. The predicted molar refractivity (Wildman–Crippen MR) is 77.2 cm³/mol. The molecule has 0 atom stereocenters. The minimum atomic E-state index is 0.176. The highest BCUT2D eigenvalue weighted by Crippen LogP contribution is 2.47. The van der Waals surface area contributed by atoms with Gasteiger partial charge in [0, 0.05) is 11.0 Å². The van der Waals surface area contributed by atoms with Crippen LogP contribution in [0.4, 0.5) is 0 Å². The van der Waals surface area contributed by atoms with Gasteiger partial charge in [-0.3, -0.25) is 0 Å². The Morgan fingerprint density at radius 1 is 1.24 bits per heavy atom. The highest BCUT2D eigenvalue weighted by molar-refractivity contribution is 8.16. The van der Waals surface area contributed by atoms with E-state index >= 15 is 0 Å². The molecule has 1 aromatic carbocycles. The van der Waals surface area contributed by atoms with Gasteiger partial charge in [-0.05, 0) is 35.6 Å². The quantitative estimate of drug-likeness (QED) is 0.753. The second-order valence-electron chi connectivity index (χ2n) is 5.36. The second kappa shape index (κ2) is 4.43. The molecule has 0 aliphatic carbocycles. The molecule has 3 rings (SSSR count). The predicted octanol–water partition coefficient (Wildman–Crippen LogP) is 4.23. The molecule has 2 heterocycles. The van der Waals surface area contributed by atoms with Crippen LogP contribution in [0.25, 0.3) is 0 Å². The van der Waals surface area contributed by atoms with Gasteiger partial charge in [0.25, 0.3) is 0 Å². The van der Waals surface area contributed by atoms with Crippen LogP contribution in [-0.4, -0.2) is 18.1 Å². The average molecular weight is 266 g/mol. The van der Waals surface area contributed by atoms with Gasteiger partial charge in [0.15, 0.2) is 0 Å². The Kier molecular flexibility index (Phi) is 3.07. The molecule has 17 heavy (non-hydrogen) atoms. The van der Waals surface area contributed by atoms with E-state index in [1.54, 1.807) is 0 Å². The first-order chi connectivity index (χ1) is 8.17. The van der Waals surface area contributed by atoms with Gasteiger partial charge in [0.05, 0.1) is 11.2 Å². The van der Waals surface area contributed by atoms with Crippen molar-refractivity contribution in [1.29, 1.82) is 0 Å². The van der Waals surface area contributed by atoms with Crippen LogP contribution in [0.15, 0.2) is 18.2 Å². The van der Waals surface area contributed by atoms with Crippen LogP contribution in [0.5, 0.6) is 5.75 Å². The molecule has 0 aromatic heterocycles. The fourth-order valence-electron chi connectivity index (χ4n) is 2.37. The molecule has 0 N–H and O–H groups in total. The van der Waals surface area contributed by atoms with Gasteiger partial charge >= 0.3 is 0 Å². The van der Waals surface area contributed by atoms with Gasteiger partial charge in [-0.2, -0.15) is 0 Å². The number of fused-ring (bicyclic) bond motifs is 1. The maximum atomic E-state index is 5.74. The van der Waals surface area contributed by atoms with Crippen molar-refractivity contribution in [3.05, 3.63) is 29.3 Å². The van der Waals surface area contributed by atoms with E-state index < -0.39 is 0 Å². The molecule has 0 amide bonds. The summed E-state index contributed by atoms with van der Waals surface area (Å²) in [6.45, 7) is 5.35. The first-order valence-corrected chi connectivity index (χ1v) is 8.27. The molecule has 0 radical (unpaired) electrons. The number of rotatable bonds is 1. The average Bonchev–Trinajstić information content (AvgIpc) is 2.66. The Balaban J connectivity index is 1.92. The summed E-state index contributed by atoms with van der Waals surface area (Å²) in [5.41, 5.74) is 3.04. The van der Waals surface area contributed by atoms with E-state index in [0.29, 0.717) is 4.58 Å². The molecule has 3 heteroatoms. The molecule has 1 saturated heterocycles. The molecule has 92 valence electrons. The first-order valence-electron chi connectivity index (χ1n) is 6.17. The fourth-order valence-corrected chi connectivity index (χ4v) is 5.24. The smallest absolute Gasteiger partial charge is 0.123 e. The van der Waals surface area contributed by atoms with Crippen molar-refractivity contribution in [3.8, 4) is 5.75 Å². The monoisotopic (exact) mass is 266 g/mol. The number of hydrogen-bond acceptors (Lipinski definition) is 3. The highest BCUT2D eigenvalue weighted by Gasteiger charge is 2.32. The lowest BCUT2D eigenvalue weighted by Crippen LogP contribution is -2.18. The van der Waals surface area contributed by atoms with Gasteiger partial charge in [-0.1, -0.05) is 19.9 Å². The molecule has 2 aliphatic heterocycles. The molecule has 1 aromatic rings.